The average molecular weight is 330 g/mol. The number of aromatic nitrogens is 4. The molecule has 6 heteroatoms. The van der Waals surface area contributed by atoms with E-state index < -0.39 is 0 Å². The van der Waals surface area contributed by atoms with Gasteiger partial charge in [0.15, 0.2) is 5.16 Å². The van der Waals surface area contributed by atoms with Gasteiger partial charge >= 0.3 is 0 Å². The van der Waals surface area contributed by atoms with Gasteiger partial charge in [-0.25, -0.2) is 4.98 Å². The van der Waals surface area contributed by atoms with Gasteiger partial charge in [-0.15, -0.1) is 21.5 Å². The third-order valence-electron chi connectivity index (χ3n) is 3.38. The van der Waals surface area contributed by atoms with Gasteiger partial charge in [-0.3, -0.25) is 0 Å². The first kappa shape index (κ1) is 15.2. The Kier molecular flexibility index (Phi) is 4.59. The summed E-state index contributed by atoms with van der Waals surface area (Å²) in [7, 11) is 0. The Morgan fingerprint density at radius 1 is 1.23 bits per heavy atom. The van der Waals surface area contributed by atoms with Crippen molar-refractivity contribution in [2.24, 2.45) is 0 Å². The molecule has 3 aromatic rings. The van der Waals surface area contributed by atoms with E-state index in [1.54, 1.807) is 23.1 Å². The molecular formula is C16H18N4S2. The minimum Gasteiger partial charge on any atom is -0.307 e. The van der Waals surface area contributed by atoms with Crippen LogP contribution in [0.15, 0.2) is 34.8 Å². The lowest BCUT2D eigenvalue weighted by Crippen LogP contribution is -1.99. The topological polar surface area (TPSA) is 43.6 Å². The molecule has 0 atom stereocenters. The third kappa shape index (κ3) is 3.23. The van der Waals surface area contributed by atoms with Crippen LogP contribution in [0.25, 0.3) is 10.6 Å². The average Bonchev–Trinajstić information content (AvgIpc) is 3.11. The SMILES string of the molecule is CCn1c(C)nnc1SCc1csc(-c2cccc(C)c2)n1. The number of benzene rings is 1. The first-order valence-electron chi connectivity index (χ1n) is 7.21. The normalized spacial score (nSPS) is 11.0. The number of hydrogen-bond acceptors (Lipinski definition) is 5. The van der Waals surface area contributed by atoms with Crippen LogP contribution in [0.2, 0.25) is 0 Å². The maximum absolute atomic E-state index is 4.74. The number of thiazole rings is 1. The second kappa shape index (κ2) is 6.62. The Morgan fingerprint density at radius 2 is 2.09 bits per heavy atom. The van der Waals surface area contributed by atoms with Crippen molar-refractivity contribution in [1.82, 2.24) is 19.7 Å². The lowest BCUT2D eigenvalue weighted by Gasteiger charge is -2.03. The predicted octanol–water partition coefficient (Wildman–Crippen LogP) is 4.33. The van der Waals surface area contributed by atoms with E-state index in [4.69, 9.17) is 4.98 Å². The van der Waals surface area contributed by atoms with Gasteiger partial charge in [0.05, 0.1) is 5.69 Å². The molecule has 2 heterocycles. The third-order valence-corrected chi connectivity index (χ3v) is 5.32. The summed E-state index contributed by atoms with van der Waals surface area (Å²) in [4.78, 5) is 4.74. The molecule has 3 rings (SSSR count). The van der Waals surface area contributed by atoms with E-state index in [9.17, 15) is 0 Å². The van der Waals surface area contributed by atoms with Crippen molar-refractivity contribution in [3.8, 4) is 10.6 Å². The molecule has 4 nitrogen and oxygen atoms in total. The highest BCUT2D eigenvalue weighted by Gasteiger charge is 2.10. The van der Waals surface area contributed by atoms with E-state index in [0.29, 0.717) is 0 Å². The molecule has 0 amide bonds. The molecule has 1 aromatic carbocycles. The number of thioether (sulfide) groups is 1. The maximum Gasteiger partial charge on any atom is 0.191 e. The van der Waals surface area contributed by atoms with Gasteiger partial charge in [0, 0.05) is 23.2 Å². The molecule has 0 aliphatic rings. The minimum absolute atomic E-state index is 0.820. The molecule has 0 unspecified atom stereocenters. The van der Waals surface area contributed by atoms with Gasteiger partial charge in [0.25, 0.3) is 0 Å². The van der Waals surface area contributed by atoms with E-state index in [2.05, 4.69) is 58.3 Å². The summed E-state index contributed by atoms with van der Waals surface area (Å²) in [5.74, 6) is 1.78. The van der Waals surface area contributed by atoms with Gasteiger partial charge in [-0.1, -0.05) is 35.5 Å². The molecule has 0 fully saturated rings. The predicted molar refractivity (Wildman–Crippen MR) is 92.3 cm³/mol. The highest BCUT2D eigenvalue weighted by atomic mass is 32.2. The van der Waals surface area contributed by atoms with Crippen LogP contribution in [0.3, 0.4) is 0 Å². The van der Waals surface area contributed by atoms with Crippen LogP contribution >= 0.6 is 23.1 Å². The van der Waals surface area contributed by atoms with Crippen molar-refractivity contribution in [1.29, 1.82) is 0 Å². The number of hydrogen-bond donors (Lipinski definition) is 0. The molecular weight excluding hydrogens is 312 g/mol. The quantitative estimate of drug-likeness (QED) is 0.653. The van der Waals surface area contributed by atoms with Gasteiger partial charge in [0.1, 0.15) is 10.8 Å². The fourth-order valence-electron chi connectivity index (χ4n) is 2.25. The summed E-state index contributed by atoms with van der Waals surface area (Å²) < 4.78 is 2.12. The van der Waals surface area contributed by atoms with Crippen LogP contribution in [0.5, 0.6) is 0 Å². The van der Waals surface area contributed by atoms with Crippen molar-refractivity contribution in [2.45, 2.75) is 38.2 Å². The Balaban J connectivity index is 1.72. The van der Waals surface area contributed by atoms with Crippen molar-refractivity contribution in [3.05, 3.63) is 46.7 Å². The Morgan fingerprint density at radius 3 is 2.86 bits per heavy atom. The largest absolute Gasteiger partial charge is 0.307 e. The number of rotatable bonds is 5. The van der Waals surface area contributed by atoms with Crippen LogP contribution in [-0.4, -0.2) is 19.7 Å². The Hall–Kier alpha value is -1.66. The van der Waals surface area contributed by atoms with Gasteiger partial charge < -0.3 is 4.57 Å². The summed E-state index contributed by atoms with van der Waals surface area (Å²) in [6, 6.07) is 8.47. The molecule has 0 radical (unpaired) electrons. The van der Waals surface area contributed by atoms with E-state index in [1.807, 2.05) is 6.92 Å². The second-order valence-electron chi connectivity index (χ2n) is 5.08. The fourth-order valence-corrected chi connectivity index (χ4v) is 4.12. The van der Waals surface area contributed by atoms with E-state index in [1.165, 1.54) is 11.1 Å². The number of aryl methyl sites for hydroxylation is 2. The summed E-state index contributed by atoms with van der Waals surface area (Å²) in [6.45, 7) is 7.10. The first-order chi connectivity index (χ1) is 10.7. The molecule has 0 bridgehead atoms. The smallest absolute Gasteiger partial charge is 0.191 e. The van der Waals surface area contributed by atoms with Gasteiger partial charge in [-0.2, -0.15) is 0 Å². The van der Waals surface area contributed by atoms with E-state index in [-0.39, 0.29) is 0 Å². The zero-order valence-corrected chi connectivity index (χ0v) is 14.5. The summed E-state index contributed by atoms with van der Waals surface area (Å²) >= 11 is 3.39. The zero-order chi connectivity index (χ0) is 15.5. The number of nitrogens with zero attached hydrogens (tertiary/aromatic N) is 4. The molecule has 2 aromatic heterocycles. The molecule has 0 saturated carbocycles. The van der Waals surface area contributed by atoms with Gasteiger partial charge in [-0.05, 0) is 26.8 Å². The lowest BCUT2D eigenvalue weighted by molar-refractivity contribution is 0.662. The lowest BCUT2D eigenvalue weighted by atomic mass is 10.1. The van der Waals surface area contributed by atoms with Crippen molar-refractivity contribution < 1.29 is 0 Å². The summed E-state index contributed by atoms with van der Waals surface area (Å²) in [6.07, 6.45) is 0. The molecule has 22 heavy (non-hydrogen) atoms. The van der Waals surface area contributed by atoms with Crippen LogP contribution in [0, 0.1) is 13.8 Å². The Bertz CT molecular complexity index is 776. The van der Waals surface area contributed by atoms with E-state index in [0.717, 1.165) is 34.0 Å². The second-order valence-corrected chi connectivity index (χ2v) is 6.88. The molecule has 114 valence electrons. The van der Waals surface area contributed by atoms with Crippen LogP contribution in [-0.2, 0) is 12.3 Å². The fraction of sp³-hybridized carbons (Fsp3) is 0.312. The van der Waals surface area contributed by atoms with Crippen molar-refractivity contribution in [3.63, 3.8) is 0 Å². The molecule has 0 spiro atoms. The molecule has 0 saturated heterocycles. The van der Waals surface area contributed by atoms with Crippen molar-refractivity contribution >= 4 is 23.1 Å². The molecule has 0 aliphatic carbocycles. The molecule has 0 aliphatic heterocycles. The van der Waals surface area contributed by atoms with Gasteiger partial charge in [0.2, 0.25) is 0 Å². The molecule has 0 N–H and O–H groups in total. The van der Waals surface area contributed by atoms with E-state index >= 15 is 0 Å². The van der Waals surface area contributed by atoms with Crippen LogP contribution in [0.1, 0.15) is 24.0 Å². The summed E-state index contributed by atoms with van der Waals surface area (Å²) in [5, 5.41) is 12.5. The van der Waals surface area contributed by atoms with Crippen molar-refractivity contribution in [2.75, 3.05) is 0 Å². The minimum atomic E-state index is 0.820. The highest BCUT2D eigenvalue weighted by Crippen LogP contribution is 2.28. The Labute approximate surface area is 138 Å². The zero-order valence-electron chi connectivity index (χ0n) is 12.9. The van der Waals surface area contributed by atoms with Crippen LogP contribution in [0.4, 0.5) is 0 Å². The summed E-state index contributed by atoms with van der Waals surface area (Å²) in [5.41, 5.74) is 3.54. The monoisotopic (exact) mass is 330 g/mol. The highest BCUT2D eigenvalue weighted by molar-refractivity contribution is 7.98. The first-order valence-corrected chi connectivity index (χ1v) is 9.08. The van der Waals surface area contributed by atoms with Crippen LogP contribution < -0.4 is 0 Å². The standard InChI is InChI=1S/C16H18N4S2/c1-4-20-12(3)18-19-16(20)22-10-14-9-21-15(17-14)13-7-5-6-11(2)8-13/h5-9H,4,10H2,1-3H3. The maximum atomic E-state index is 4.74.